The van der Waals surface area contributed by atoms with Crippen molar-refractivity contribution in [2.75, 3.05) is 31.2 Å². The molecule has 25 heavy (non-hydrogen) atoms. The van der Waals surface area contributed by atoms with Gasteiger partial charge in [0.05, 0.1) is 13.2 Å². The van der Waals surface area contributed by atoms with Crippen molar-refractivity contribution in [1.82, 2.24) is 15.8 Å². The van der Waals surface area contributed by atoms with E-state index in [1.807, 2.05) is 26.0 Å². The molecule has 0 radical (unpaired) electrons. The van der Waals surface area contributed by atoms with Gasteiger partial charge < -0.3 is 9.64 Å². The molecule has 2 aromatic rings. The largest absolute Gasteiger partial charge is 0.378 e. The van der Waals surface area contributed by atoms with Crippen molar-refractivity contribution < 1.29 is 14.3 Å². The predicted molar refractivity (Wildman–Crippen MR) is 96.0 cm³/mol. The number of rotatable bonds is 3. The normalized spacial score (nSPS) is 14.2. The van der Waals surface area contributed by atoms with Crippen LogP contribution in [-0.2, 0) is 4.74 Å². The molecule has 0 bridgehead atoms. The summed E-state index contributed by atoms with van der Waals surface area (Å²) in [7, 11) is 0. The van der Waals surface area contributed by atoms with E-state index >= 15 is 0 Å². The van der Waals surface area contributed by atoms with Gasteiger partial charge in [-0.05, 0) is 25.5 Å². The molecule has 1 aliphatic rings. The zero-order valence-corrected chi connectivity index (χ0v) is 15.0. The summed E-state index contributed by atoms with van der Waals surface area (Å²) >= 11 is 1.40. The van der Waals surface area contributed by atoms with Gasteiger partial charge in [0, 0.05) is 24.0 Å². The number of benzene rings is 1. The van der Waals surface area contributed by atoms with Gasteiger partial charge in [-0.3, -0.25) is 20.4 Å². The van der Waals surface area contributed by atoms with E-state index in [0.717, 1.165) is 29.3 Å². The molecule has 3 rings (SSSR count). The maximum Gasteiger partial charge on any atom is 0.289 e. The van der Waals surface area contributed by atoms with Gasteiger partial charge in [-0.1, -0.05) is 17.7 Å². The molecular formula is C17H20N4O3S. The number of carbonyl (C=O) groups excluding carboxylic acids is 2. The van der Waals surface area contributed by atoms with Crippen LogP contribution in [-0.4, -0.2) is 43.1 Å². The van der Waals surface area contributed by atoms with E-state index in [2.05, 4.69) is 20.7 Å². The average molecular weight is 360 g/mol. The van der Waals surface area contributed by atoms with Gasteiger partial charge in [0.25, 0.3) is 11.8 Å². The molecule has 8 heteroatoms. The lowest BCUT2D eigenvalue weighted by atomic mass is 10.1. The minimum Gasteiger partial charge on any atom is -0.378 e. The van der Waals surface area contributed by atoms with Crippen molar-refractivity contribution >= 4 is 28.3 Å². The number of aromatic nitrogens is 1. The van der Waals surface area contributed by atoms with Gasteiger partial charge in [0.1, 0.15) is 5.69 Å². The first-order valence-electron chi connectivity index (χ1n) is 8.01. The number of aryl methyl sites for hydroxylation is 2. The number of hydrazine groups is 1. The van der Waals surface area contributed by atoms with E-state index in [9.17, 15) is 9.59 Å². The van der Waals surface area contributed by atoms with E-state index in [-0.39, 0.29) is 11.6 Å². The third-order valence-corrected chi connectivity index (χ3v) is 4.82. The summed E-state index contributed by atoms with van der Waals surface area (Å²) in [5.74, 6) is -0.789. The number of nitrogens with zero attached hydrogens (tertiary/aromatic N) is 2. The Kier molecular flexibility index (Phi) is 5.30. The van der Waals surface area contributed by atoms with Gasteiger partial charge in [-0.25, -0.2) is 4.98 Å². The van der Waals surface area contributed by atoms with Crippen molar-refractivity contribution in [1.29, 1.82) is 0 Å². The monoisotopic (exact) mass is 360 g/mol. The van der Waals surface area contributed by atoms with E-state index < -0.39 is 5.91 Å². The Morgan fingerprint density at radius 3 is 2.60 bits per heavy atom. The summed E-state index contributed by atoms with van der Waals surface area (Å²) in [5.41, 5.74) is 7.60. The molecule has 0 unspecified atom stereocenters. The van der Waals surface area contributed by atoms with Gasteiger partial charge in [-0.15, -0.1) is 11.3 Å². The van der Waals surface area contributed by atoms with E-state index in [4.69, 9.17) is 4.74 Å². The van der Waals surface area contributed by atoms with E-state index in [1.165, 1.54) is 11.3 Å². The zero-order chi connectivity index (χ0) is 17.8. The lowest BCUT2D eigenvalue weighted by molar-refractivity contribution is 0.0844. The summed E-state index contributed by atoms with van der Waals surface area (Å²) in [6.45, 7) is 6.67. The highest BCUT2D eigenvalue weighted by molar-refractivity contribution is 7.13. The van der Waals surface area contributed by atoms with Crippen LogP contribution in [0.1, 0.15) is 32.0 Å². The number of hydrogen-bond acceptors (Lipinski definition) is 6. The van der Waals surface area contributed by atoms with Crippen molar-refractivity contribution in [3.8, 4) is 0 Å². The number of morpholine rings is 1. The van der Waals surface area contributed by atoms with Crippen molar-refractivity contribution in [3.05, 3.63) is 46.0 Å². The minimum atomic E-state index is -0.436. The molecule has 7 nitrogen and oxygen atoms in total. The Bertz CT molecular complexity index is 784. The third kappa shape index (κ3) is 4.15. The number of hydrogen-bond donors (Lipinski definition) is 2. The summed E-state index contributed by atoms with van der Waals surface area (Å²) < 4.78 is 5.31. The van der Waals surface area contributed by atoms with Gasteiger partial charge in [-0.2, -0.15) is 0 Å². The highest BCUT2D eigenvalue weighted by Gasteiger charge is 2.18. The molecule has 2 N–H and O–H groups in total. The number of nitrogens with one attached hydrogen (secondary N) is 2. The van der Waals surface area contributed by atoms with Crippen LogP contribution in [0, 0.1) is 13.8 Å². The molecule has 1 aromatic carbocycles. The molecule has 2 amide bonds. The van der Waals surface area contributed by atoms with Gasteiger partial charge in [0.2, 0.25) is 0 Å². The number of thiazole rings is 1. The van der Waals surface area contributed by atoms with Crippen LogP contribution in [0.2, 0.25) is 0 Å². The maximum atomic E-state index is 12.2. The molecule has 132 valence electrons. The number of anilines is 1. The quantitative estimate of drug-likeness (QED) is 0.814. The highest BCUT2D eigenvalue weighted by atomic mass is 32.1. The van der Waals surface area contributed by atoms with Gasteiger partial charge in [0.15, 0.2) is 5.13 Å². The number of amides is 2. The van der Waals surface area contributed by atoms with Crippen LogP contribution < -0.4 is 15.8 Å². The molecule has 0 atom stereocenters. The van der Waals surface area contributed by atoms with Crippen LogP contribution in [0.3, 0.4) is 0 Å². The second-order valence-corrected chi connectivity index (χ2v) is 6.68. The summed E-state index contributed by atoms with van der Waals surface area (Å²) in [6, 6.07) is 5.52. The lowest BCUT2D eigenvalue weighted by Gasteiger charge is -2.25. The summed E-state index contributed by atoms with van der Waals surface area (Å²) in [6.07, 6.45) is 0. The molecule has 2 heterocycles. The maximum absolute atomic E-state index is 12.2. The average Bonchev–Trinajstić information content (AvgIpc) is 3.10. The van der Waals surface area contributed by atoms with Crippen LogP contribution in [0.25, 0.3) is 0 Å². The molecule has 1 aromatic heterocycles. The van der Waals surface area contributed by atoms with Gasteiger partial charge >= 0.3 is 0 Å². The first kappa shape index (κ1) is 17.4. The molecule has 1 fully saturated rings. The first-order valence-corrected chi connectivity index (χ1v) is 8.89. The van der Waals surface area contributed by atoms with E-state index in [0.29, 0.717) is 18.8 Å². The predicted octanol–water partition coefficient (Wildman–Crippen LogP) is 1.67. The fourth-order valence-corrected chi connectivity index (χ4v) is 3.44. The Hall–Kier alpha value is -2.45. The number of carbonyl (C=O) groups is 2. The van der Waals surface area contributed by atoms with Crippen molar-refractivity contribution in [2.45, 2.75) is 13.8 Å². The topological polar surface area (TPSA) is 83.6 Å². The van der Waals surface area contributed by atoms with Crippen molar-refractivity contribution in [3.63, 3.8) is 0 Å². The van der Waals surface area contributed by atoms with Crippen molar-refractivity contribution in [2.24, 2.45) is 0 Å². The zero-order valence-electron chi connectivity index (χ0n) is 14.2. The molecule has 1 saturated heterocycles. The second kappa shape index (κ2) is 7.62. The van der Waals surface area contributed by atoms with Crippen LogP contribution >= 0.6 is 11.3 Å². The molecule has 0 saturated carbocycles. The Morgan fingerprint density at radius 1 is 1.16 bits per heavy atom. The summed E-state index contributed by atoms with van der Waals surface area (Å²) in [4.78, 5) is 30.8. The molecule has 0 aliphatic carbocycles. The Balaban J connectivity index is 1.59. The number of ether oxygens (including phenoxy) is 1. The standard InChI is InChI=1S/C17H20N4O3S/c1-11-3-4-13(12(2)9-11)15(22)19-20-16(23)14-10-25-17(18-14)21-5-7-24-8-6-21/h3-4,9-10H,5-8H2,1-2H3,(H,19,22)(H,20,23). The lowest BCUT2D eigenvalue weighted by Crippen LogP contribution is -2.42. The third-order valence-electron chi connectivity index (χ3n) is 3.92. The van der Waals surface area contributed by atoms with Crippen LogP contribution in [0.5, 0.6) is 0 Å². The fourth-order valence-electron chi connectivity index (χ4n) is 2.58. The smallest absolute Gasteiger partial charge is 0.289 e. The Labute approximate surface area is 150 Å². The molecular weight excluding hydrogens is 340 g/mol. The fraction of sp³-hybridized carbons (Fsp3) is 0.353. The Morgan fingerprint density at radius 2 is 1.88 bits per heavy atom. The second-order valence-electron chi connectivity index (χ2n) is 5.84. The van der Waals surface area contributed by atoms with Crippen LogP contribution in [0.15, 0.2) is 23.6 Å². The first-order chi connectivity index (χ1) is 12.0. The SMILES string of the molecule is Cc1ccc(C(=O)NNC(=O)c2csc(N3CCOCC3)n2)c(C)c1. The highest BCUT2D eigenvalue weighted by Crippen LogP contribution is 2.21. The minimum absolute atomic E-state index is 0.285. The van der Waals surface area contributed by atoms with E-state index in [1.54, 1.807) is 11.4 Å². The molecule has 1 aliphatic heterocycles. The van der Waals surface area contributed by atoms with Crippen LogP contribution in [0.4, 0.5) is 5.13 Å². The summed E-state index contributed by atoms with van der Waals surface area (Å²) in [5, 5.41) is 2.47. The molecule has 0 spiro atoms.